The number of rotatable bonds is 5. The first-order chi connectivity index (χ1) is 11.6. The summed E-state index contributed by atoms with van der Waals surface area (Å²) in [6.07, 6.45) is 6.04. The minimum absolute atomic E-state index is 0.119. The van der Waals surface area contributed by atoms with Gasteiger partial charge in [0.1, 0.15) is 0 Å². The van der Waals surface area contributed by atoms with E-state index < -0.39 is 0 Å². The molecule has 122 valence electrons. The molecule has 3 nitrogen and oxygen atoms in total. The number of amides is 1. The maximum atomic E-state index is 11.9. The van der Waals surface area contributed by atoms with Gasteiger partial charge in [-0.25, -0.2) is 0 Å². The van der Waals surface area contributed by atoms with Gasteiger partial charge in [-0.15, -0.1) is 0 Å². The van der Waals surface area contributed by atoms with E-state index in [-0.39, 0.29) is 5.91 Å². The van der Waals surface area contributed by atoms with E-state index in [4.69, 9.17) is 11.6 Å². The third-order valence-corrected chi connectivity index (χ3v) is 4.28. The highest BCUT2D eigenvalue weighted by Crippen LogP contribution is 2.20. The van der Waals surface area contributed by atoms with Crippen LogP contribution in [0.1, 0.15) is 16.7 Å². The first-order valence-corrected chi connectivity index (χ1v) is 8.28. The van der Waals surface area contributed by atoms with Crippen molar-refractivity contribution in [2.75, 3.05) is 6.54 Å². The van der Waals surface area contributed by atoms with E-state index in [2.05, 4.69) is 35.4 Å². The molecule has 0 aliphatic heterocycles. The van der Waals surface area contributed by atoms with Crippen molar-refractivity contribution in [3.63, 3.8) is 0 Å². The number of H-pyrrole nitrogens is 1. The predicted molar refractivity (Wildman–Crippen MR) is 100 cm³/mol. The molecular formula is C20H19ClN2O. The van der Waals surface area contributed by atoms with Crippen LogP contribution in [-0.2, 0) is 11.2 Å². The van der Waals surface area contributed by atoms with Gasteiger partial charge in [-0.2, -0.15) is 0 Å². The summed E-state index contributed by atoms with van der Waals surface area (Å²) >= 11 is 6.06. The molecule has 0 saturated carbocycles. The Bertz CT molecular complexity index is 896. The maximum absolute atomic E-state index is 11.9. The number of carbonyl (C=O) groups excluding carboxylic acids is 1. The number of aryl methyl sites for hydroxylation is 1. The van der Waals surface area contributed by atoms with Crippen LogP contribution in [-0.4, -0.2) is 17.4 Å². The van der Waals surface area contributed by atoms with Crippen LogP contribution in [0.4, 0.5) is 0 Å². The van der Waals surface area contributed by atoms with Crippen LogP contribution in [0.3, 0.4) is 0 Å². The van der Waals surface area contributed by atoms with E-state index in [1.165, 1.54) is 22.6 Å². The maximum Gasteiger partial charge on any atom is 0.244 e. The molecule has 0 aliphatic rings. The van der Waals surface area contributed by atoms with E-state index in [0.29, 0.717) is 11.6 Å². The third-order valence-electron chi connectivity index (χ3n) is 3.94. The second-order valence-corrected chi connectivity index (χ2v) is 6.17. The van der Waals surface area contributed by atoms with Gasteiger partial charge in [0.15, 0.2) is 0 Å². The molecule has 0 aliphatic carbocycles. The molecular weight excluding hydrogens is 320 g/mol. The van der Waals surface area contributed by atoms with Crippen molar-refractivity contribution in [3.8, 4) is 0 Å². The lowest BCUT2D eigenvalue weighted by Gasteiger charge is -2.03. The monoisotopic (exact) mass is 338 g/mol. The molecule has 2 aromatic carbocycles. The van der Waals surface area contributed by atoms with E-state index in [1.807, 2.05) is 24.4 Å². The Hall–Kier alpha value is -2.52. The number of benzene rings is 2. The van der Waals surface area contributed by atoms with Crippen molar-refractivity contribution < 1.29 is 4.79 Å². The van der Waals surface area contributed by atoms with Crippen LogP contribution < -0.4 is 5.32 Å². The zero-order chi connectivity index (χ0) is 16.9. The summed E-state index contributed by atoms with van der Waals surface area (Å²) in [6, 6.07) is 13.8. The first-order valence-electron chi connectivity index (χ1n) is 7.90. The van der Waals surface area contributed by atoms with Crippen molar-refractivity contribution in [1.82, 2.24) is 10.3 Å². The highest BCUT2D eigenvalue weighted by Gasteiger charge is 2.04. The fourth-order valence-electron chi connectivity index (χ4n) is 2.65. The summed E-state index contributed by atoms with van der Waals surface area (Å²) in [4.78, 5) is 15.2. The highest BCUT2D eigenvalue weighted by atomic mass is 35.5. The summed E-state index contributed by atoms with van der Waals surface area (Å²) < 4.78 is 0. The first kappa shape index (κ1) is 16.3. The van der Waals surface area contributed by atoms with Gasteiger partial charge in [-0.1, -0.05) is 41.4 Å². The minimum atomic E-state index is -0.119. The average molecular weight is 339 g/mol. The van der Waals surface area contributed by atoms with Gasteiger partial charge in [-0.05, 0) is 48.7 Å². The van der Waals surface area contributed by atoms with Crippen LogP contribution >= 0.6 is 11.6 Å². The van der Waals surface area contributed by atoms with Crippen molar-refractivity contribution >= 4 is 34.5 Å². The predicted octanol–water partition coefficient (Wildman–Crippen LogP) is 4.50. The number of hydrogen-bond acceptors (Lipinski definition) is 1. The van der Waals surface area contributed by atoms with Gasteiger partial charge in [0.2, 0.25) is 5.91 Å². The number of carbonyl (C=O) groups is 1. The van der Waals surface area contributed by atoms with Gasteiger partial charge in [0.25, 0.3) is 0 Å². The van der Waals surface area contributed by atoms with E-state index in [1.54, 1.807) is 12.1 Å². The molecule has 0 saturated heterocycles. The molecule has 1 aromatic heterocycles. The number of fused-ring (bicyclic) bond motifs is 1. The van der Waals surface area contributed by atoms with Gasteiger partial charge in [0.05, 0.1) is 0 Å². The molecule has 0 bridgehead atoms. The smallest absolute Gasteiger partial charge is 0.244 e. The second-order valence-electron chi connectivity index (χ2n) is 5.76. The molecule has 4 heteroatoms. The van der Waals surface area contributed by atoms with Gasteiger partial charge < -0.3 is 10.3 Å². The Balaban J connectivity index is 1.57. The molecule has 3 aromatic rings. The fraction of sp³-hybridized carbons (Fsp3) is 0.150. The number of aromatic amines is 1. The number of hydrogen-bond donors (Lipinski definition) is 2. The van der Waals surface area contributed by atoms with Gasteiger partial charge in [0, 0.05) is 34.7 Å². The van der Waals surface area contributed by atoms with Crippen molar-refractivity contribution in [3.05, 3.63) is 76.5 Å². The SMILES string of the molecule is Cc1ccc2[nH]cc(CCNC(=O)/C=C/c3ccccc3Cl)c2c1. The van der Waals surface area contributed by atoms with Crippen LogP contribution in [0.15, 0.2) is 54.7 Å². The lowest BCUT2D eigenvalue weighted by molar-refractivity contribution is -0.116. The molecule has 0 fully saturated rings. The molecule has 3 rings (SSSR count). The highest BCUT2D eigenvalue weighted by molar-refractivity contribution is 6.32. The number of aromatic nitrogens is 1. The second kappa shape index (κ2) is 7.37. The van der Waals surface area contributed by atoms with E-state index >= 15 is 0 Å². The Morgan fingerprint density at radius 2 is 2.08 bits per heavy atom. The summed E-state index contributed by atoms with van der Waals surface area (Å²) in [6.45, 7) is 2.67. The Morgan fingerprint density at radius 1 is 1.25 bits per heavy atom. The van der Waals surface area contributed by atoms with Gasteiger partial charge >= 0.3 is 0 Å². The van der Waals surface area contributed by atoms with Crippen molar-refractivity contribution in [1.29, 1.82) is 0 Å². The van der Waals surface area contributed by atoms with E-state index in [9.17, 15) is 4.79 Å². The molecule has 1 amide bonds. The minimum Gasteiger partial charge on any atom is -0.361 e. The number of nitrogens with one attached hydrogen (secondary N) is 2. The van der Waals surface area contributed by atoms with Crippen molar-refractivity contribution in [2.24, 2.45) is 0 Å². The lowest BCUT2D eigenvalue weighted by atomic mass is 10.1. The van der Waals surface area contributed by atoms with Crippen LogP contribution in [0, 0.1) is 6.92 Å². The zero-order valence-electron chi connectivity index (χ0n) is 13.5. The summed E-state index contributed by atoms with van der Waals surface area (Å²) in [5, 5.41) is 4.76. The van der Waals surface area contributed by atoms with Crippen LogP contribution in [0.2, 0.25) is 5.02 Å². The quantitative estimate of drug-likeness (QED) is 0.661. The molecule has 0 atom stereocenters. The largest absolute Gasteiger partial charge is 0.361 e. The standard InChI is InChI=1S/C20H19ClN2O/c1-14-6-8-19-17(12-14)16(13-23-19)10-11-22-20(24)9-7-15-4-2-3-5-18(15)21/h2-9,12-13,23H,10-11H2,1H3,(H,22,24)/b9-7+. The van der Waals surface area contributed by atoms with Crippen molar-refractivity contribution in [2.45, 2.75) is 13.3 Å². The summed E-state index contributed by atoms with van der Waals surface area (Å²) in [5.41, 5.74) is 4.40. The molecule has 2 N–H and O–H groups in total. The van der Waals surface area contributed by atoms with Crippen LogP contribution in [0.25, 0.3) is 17.0 Å². The summed E-state index contributed by atoms with van der Waals surface area (Å²) in [7, 11) is 0. The topological polar surface area (TPSA) is 44.9 Å². The third kappa shape index (κ3) is 3.87. The Labute approximate surface area is 146 Å². The molecule has 0 unspecified atom stereocenters. The molecule has 0 spiro atoms. The molecule has 24 heavy (non-hydrogen) atoms. The number of halogens is 1. The Kier molecular flexibility index (Phi) is 5.02. The lowest BCUT2D eigenvalue weighted by Crippen LogP contribution is -2.23. The zero-order valence-corrected chi connectivity index (χ0v) is 14.2. The average Bonchev–Trinajstić information content (AvgIpc) is 2.96. The molecule has 0 radical (unpaired) electrons. The van der Waals surface area contributed by atoms with E-state index in [0.717, 1.165) is 17.5 Å². The molecule has 1 heterocycles. The fourth-order valence-corrected chi connectivity index (χ4v) is 2.85. The summed E-state index contributed by atoms with van der Waals surface area (Å²) in [5.74, 6) is -0.119. The normalized spacial score (nSPS) is 11.2. The Morgan fingerprint density at radius 3 is 2.92 bits per heavy atom. The van der Waals surface area contributed by atoms with Gasteiger partial charge in [-0.3, -0.25) is 4.79 Å². The van der Waals surface area contributed by atoms with Crippen LogP contribution in [0.5, 0.6) is 0 Å².